The maximum absolute atomic E-state index is 12.9. The van der Waals surface area contributed by atoms with Gasteiger partial charge in [-0.05, 0) is 24.0 Å². The number of β-amino-alcohol motifs (C(OH)–C–C–N with tert-alkyl or cyclic N) is 1. The second-order valence-electron chi connectivity index (χ2n) is 6.93. The molecule has 1 saturated heterocycles. The summed E-state index contributed by atoms with van der Waals surface area (Å²) in [6.45, 7) is 4.78. The number of carbonyl (C=O) groups is 1. The molecular weight excluding hydrogens is 316 g/mol. The van der Waals surface area contributed by atoms with Crippen LogP contribution in [0.4, 0.5) is 0 Å². The van der Waals surface area contributed by atoms with E-state index in [0.29, 0.717) is 24.3 Å². The number of aliphatic hydroxyl groups excluding tert-OH is 1. The molecule has 1 aromatic heterocycles. The van der Waals surface area contributed by atoms with Gasteiger partial charge in [0.05, 0.1) is 11.7 Å². The molecule has 0 bridgehead atoms. The molecule has 25 heavy (non-hydrogen) atoms. The van der Waals surface area contributed by atoms with Gasteiger partial charge in [-0.25, -0.2) is 0 Å². The number of rotatable bonds is 3. The van der Waals surface area contributed by atoms with Crippen LogP contribution in [0.5, 0.6) is 0 Å². The van der Waals surface area contributed by atoms with Crippen molar-refractivity contribution in [1.82, 2.24) is 9.88 Å². The average molecular weight is 340 g/mol. The van der Waals surface area contributed by atoms with Gasteiger partial charge in [0.25, 0.3) is 5.91 Å². The van der Waals surface area contributed by atoms with Crippen LogP contribution >= 0.6 is 0 Å². The minimum Gasteiger partial charge on any atom is -0.391 e. The third-order valence-corrected chi connectivity index (χ3v) is 4.85. The molecule has 132 valence electrons. The summed E-state index contributed by atoms with van der Waals surface area (Å²) in [7, 11) is 0. The summed E-state index contributed by atoms with van der Waals surface area (Å²) in [5.41, 5.74) is 2.06. The molecule has 0 spiro atoms. The Kier molecular flexibility index (Phi) is 5.04. The van der Waals surface area contributed by atoms with E-state index in [1.807, 2.05) is 44.2 Å². The van der Waals surface area contributed by atoms with Crippen LogP contribution in [0.1, 0.15) is 53.7 Å². The quantitative estimate of drug-likeness (QED) is 0.901. The van der Waals surface area contributed by atoms with Gasteiger partial charge >= 0.3 is 0 Å². The van der Waals surface area contributed by atoms with Gasteiger partial charge in [0.15, 0.2) is 0 Å². The molecule has 1 aliphatic rings. The highest BCUT2D eigenvalue weighted by molar-refractivity contribution is 5.95. The molecule has 1 amide bonds. The number of nitrogens with zero attached hydrogens (tertiary/aromatic N) is 1. The van der Waals surface area contributed by atoms with Gasteiger partial charge < -0.3 is 15.0 Å². The van der Waals surface area contributed by atoms with E-state index in [0.717, 1.165) is 12.0 Å². The van der Waals surface area contributed by atoms with Gasteiger partial charge in [0.1, 0.15) is 0 Å². The van der Waals surface area contributed by atoms with Crippen LogP contribution in [-0.4, -0.2) is 40.1 Å². The van der Waals surface area contributed by atoms with Crippen LogP contribution in [0.25, 0.3) is 0 Å². The van der Waals surface area contributed by atoms with Crippen molar-refractivity contribution in [3.63, 3.8) is 0 Å². The normalized spacial score (nSPS) is 20.7. The fourth-order valence-electron chi connectivity index (χ4n) is 3.51. The lowest BCUT2D eigenvalue weighted by atomic mass is 9.87. The summed E-state index contributed by atoms with van der Waals surface area (Å²) in [5.74, 6) is -0.0458. The Hall–Kier alpha value is -2.40. The van der Waals surface area contributed by atoms with Gasteiger partial charge in [0, 0.05) is 30.8 Å². The first kappa shape index (κ1) is 17.4. The lowest BCUT2D eigenvalue weighted by Gasteiger charge is -2.36. The zero-order valence-corrected chi connectivity index (χ0v) is 14.6. The number of piperidine rings is 1. The fourth-order valence-corrected chi connectivity index (χ4v) is 3.51. The predicted molar refractivity (Wildman–Crippen MR) is 96.9 cm³/mol. The molecule has 2 aromatic rings. The lowest BCUT2D eigenvalue weighted by molar-refractivity contribution is 0.0380. The van der Waals surface area contributed by atoms with E-state index in [9.17, 15) is 14.7 Å². The zero-order valence-electron chi connectivity index (χ0n) is 14.6. The summed E-state index contributed by atoms with van der Waals surface area (Å²) in [5, 5.41) is 10.6. The van der Waals surface area contributed by atoms with Crippen molar-refractivity contribution in [3.8, 4) is 0 Å². The monoisotopic (exact) mass is 340 g/mol. The average Bonchev–Trinajstić information content (AvgIpc) is 2.61. The van der Waals surface area contributed by atoms with Crippen molar-refractivity contribution in [3.05, 3.63) is 69.6 Å². The summed E-state index contributed by atoms with van der Waals surface area (Å²) < 4.78 is 0. The first-order valence-electron chi connectivity index (χ1n) is 8.73. The summed E-state index contributed by atoms with van der Waals surface area (Å²) in [6.07, 6.45) is 0.127. The highest BCUT2D eigenvalue weighted by atomic mass is 16.3. The third-order valence-electron chi connectivity index (χ3n) is 4.85. The van der Waals surface area contributed by atoms with E-state index in [4.69, 9.17) is 0 Å². The molecule has 0 unspecified atom stereocenters. The summed E-state index contributed by atoms with van der Waals surface area (Å²) in [6, 6.07) is 12.9. The molecule has 0 saturated carbocycles. The maximum atomic E-state index is 12.9. The van der Waals surface area contributed by atoms with Gasteiger partial charge in [0.2, 0.25) is 5.56 Å². The van der Waals surface area contributed by atoms with Crippen LogP contribution in [0, 0.1) is 0 Å². The molecule has 2 atom stereocenters. The van der Waals surface area contributed by atoms with Crippen molar-refractivity contribution in [2.24, 2.45) is 0 Å². The Morgan fingerprint density at radius 2 is 1.92 bits per heavy atom. The number of carbonyl (C=O) groups excluding carboxylic acids is 1. The minimum atomic E-state index is -0.592. The Bertz CT molecular complexity index is 798. The Morgan fingerprint density at radius 1 is 1.20 bits per heavy atom. The Balaban J connectivity index is 1.79. The number of hydrogen-bond acceptors (Lipinski definition) is 3. The highest BCUT2D eigenvalue weighted by Crippen LogP contribution is 2.29. The zero-order chi connectivity index (χ0) is 18.0. The van der Waals surface area contributed by atoms with Crippen LogP contribution < -0.4 is 5.56 Å². The number of aromatic amines is 1. The van der Waals surface area contributed by atoms with E-state index in [-0.39, 0.29) is 23.3 Å². The number of hydrogen-bond donors (Lipinski definition) is 2. The Labute approximate surface area is 147 Å². The maximum Gasteiger partial charge on any atom is 0.255 e. The molecule has 1 aliphatic heterocycles. The minimum absolute atomic E-state index is 0.0413. The van der Waals surface area contributed by atoms with Gasteiger partial charge in [-0.2, -0.15) is 0 Å². The van der Waals surface area contributed by atoms with Gasteiger partial charge in [-0.1, -0.05) is 44.2 Å². The fraction of sp³-hybridized carbons (Fsp3) is 0.400. The second-order valence-corrected chi connectivity index (χ2v) is 6.93. The molecule has 1 fully saturated rings. The standard InChI is InChI=1S/C20H24N2O3/c1-13(2)19-16(8-9-18(24)21-19)20(25)22-11-10-15(17(23)12-22)14-6-4-3-5-7-14/h3-9,13,15,17,23H,10-12H2,1-2H3,(H,21,24)/t15-,17-/m1/s1. The summed E-state index contributed by atoms with van der Waals surface area (Å²) >= 11 is 0. The van der Waals surface area contributed by atoms with Crippen LogP contribution in [0.2, 0.25) is 0 Å². The highest BCUT2D eigenvalue weighted by Gasteiger charge is 2.32. The number of aromatic nitrogens is 1. The van der Waals surface area contributed by atoms with E-state index < -0.39 is 6.10 Å². The van der Waals surface area contributed by atoms with Crippen molar-refractivity contribution < 1.29 is 9.90 Å². The molecule has 2 heterocycles. The van der Waals surface area contributed by atoms with Gasteiger partial charge in [-0.3, -0.25) is 9.59 Å². The SMILES string of the molecule is CC(C)c1[nH]c(=O)ccc1C(=O)N1CC[C@H](c2ccccc2)[C@H](O)C1. The largest absolute Gasteiger partial charge is 0.391 e. The second kappa shape index (κ2) is 7.23. The molecule has 5 nitrogen and oxygen atoms in total. The Morgan fingerprint density at radius 3 is 2.56 bits per heavy atom. The number of amides is 1. The van der Waals surface area contributed by atoms with E-state index in [1.165, 1.54) is 6.07 Å². The number of aliphatic hydroxyl groups is 1. The molecule has 3 rings (SSSR count). The first-order valence-corrected chi connectivity index (χ1v) is 8.73. The molecule has 0 radical (unpaired) electrons. The number of pyridine rings is 1. The van der Waals surface area contributed by atoms with Crippen molar-refractivity contribution in [2.75, 3.05) is 13.1 Å². The number of H-pyrrole nitrogens is 1. The van der Waals surface area contributed by atoms with Crippen LogP contribution in [0.3, 0.4) is 0 Å². The van der Waals surface area contributed by atoms with Crippen LogP contribution in [0.15, 0.2) is 47.3 Å². The number of benzene rings is 1. The number of likely N-dealkylation sites (tertiary alicyclic amines) is 1. The topological polar surface area (TPSA) is 73.4 Å². The first-order chi connectivity index (χ1) is 12.0. The van der Waals surface area contributed by atoms with Crippen molar-refractivity contribution >= 4 is 5.91 Å². The van der Waals surface area contributed by atoms with Crippen molar-refractivity contribution in [1.29, 1.82) is 0 Å². The number of nitrogens with one attached hydrogen (secondary N) is 1. The molecule has 0 aliphatic carbocycles. The van der Waals surface area contributed by atoms with Crippen LogP contribution in [-0.2, 0) is 0 Å². The summed E-state index contributed by atoms with van der Waals surface area (Å²) in [4.78, 5) is 29.0. The lowest BCUT2D eigenvalue weighted by Crippen LogP contribution is -2.46. The van der Waals surface area contributed by atoms with E-state index in [1.54, 1.807) is 11.0 Å². The van der Waals surface area contributed by atoms with Gasteiger partial charge in [-0.15, -0.1) is 0 Å². The van der Waals surface area contributed by atoms with E-state index >= 15 is 0 Å². The molecule has 5 heteroatoms. The molecule has 1 aromatic carbocycles. The smallest absolute Gasteiger partial charge is 0.255 e. The third kappa shape index (κ3) is 3.66. The molecule has 2 N–H and O–H groups in total. The molecular formula is C20H24N2O3. The predicted octanol–water partition coefficient (Wildman–Crippen LogP) is 2.49. The van der Waals surface area contributed by atoms with E-state index in [2.05, 4.69) is 4.98 Å². The van der Waals surface area contributed by atoms with Crippen molar-refractivity contribution in [2.45, 2.75) is 38.2 Å².